The van der Waals surface area contributed by atoms with Crippen molar-refractivity contribution in [3.05, 3.63) is 95.1 Å². The number of benzene rings is 3. The number of carbonyl (C=O) groups is 2. The number of rotatable bonds is 7. The number of aryl methyl sites for hydroxylation is 1. The minimum Gasteiger partial charge on any atom is -0.492 e. The lowest BCUT2D eigenvalue weighted by atomic mass is 10.1. The van der Waals surface area contributed by atoms with Crippen molar-refractivity contribution < 1.29 is 14.3 Å². The number of anilines is 1. The number of amides is 2. The van der Waals surface area contributed by atoms with E-state index in [1.165, 1.54) is 0 Å². The van der Waals surface area contributed by atoms with Crippen molar-refractivity contribution in [2.24, 2.45) is 0 Å². The molecule has 0 atom stereocenters. The fourth-order valence-electron chi connectivity index (χ4n) is 2.90. The first-order chi connectivity index (χ1) is 14.1. The van der Waals surface area contributed by atoms with E-state index in [4.69, 9.17) is 4.74 Å². The summed E-state index contributed by atoms with van der Waals surface area (Å²) in [5.41, 5.74) is 3.79. The molecule has 3 aromatic carbocycles. The molecule has 0 aliphatic carbocycles. The molecule has 0 heterocycles. The van der Waals surface area contributed by atoms with E-state index in [1.807, 2.05) is 50.2 Å². The number of hydrogen-bond acceptors (Lipinski definition) is 3. The second kappa shape index (κ2) is 9.55. The van der Waals surface area contributed by atoms with Gasteiger partial charge in [-0.1, -0.05) is 36.4 Å². The van der Waals surface area contributed by atoms with Crippen molar-refractivity contribution in [1.29, 1.82) is 0 Å². The van der Waals surface area contributed by atoms with Gasteiger partial charge in [0.05, 0.1) is 12.3 Å². The van der Waals surface area contributed by atoms with Gasteiger partial charge in [-0.05, 0) is 61.4 Å². The van der Waals surface area contributed by atoms with Crippen LogP contribution in [0.2, 0.25) is 0 Å². The van der Waals surface area contributed by atoms with Gasteiger partial charge in [0.2, 0.25) is 0 Å². The topological polar surface area (TPSA) is 67.4 Å². The Balaban J connectivity index is 1.63. The fraction of sp³-hybridized carbons (Fsp3) is 0.167. The summed E-state index contributed by atoms with van der Waals surface area (Å²) in [7, 11) is 0. The normalized spacial score (nSPS) is 10.3. The van der Waals surface area contributed by atoms with Gasteiger partial charge in [-0.2, -0.15) is 0 Å². The molecule has 148 valence electrons. The number of ether oxygens (including phenoxy) is 1. The zero-order chi connectivity index (χ0) is 20.6. The summed E-state index contributed by atoms with van der Waals surface area (Å²) in [6.07, 6.45) is 0. The van der Waals surface area contributed by atoms with Crippen molar-refractivity contribution in [1.82, 2.24) is 5.32 Å². The van der Waals surface area contributed by atoms with Gasteiger partial charge in [0.15, 0.2) is 0 Å². The summed E-state index contributed by atoms with van der Waals surface area (Å²) in [6, 6.07) is 21.8. The molecule has 0 aromatic heterocycles. The van der Waals surface area contributed by atoms with Crippen molar-refractivity contribution in [3.63, 3.8) is 0 Å². The maximum atomic E-state index is 12.5. The van der Waals surface area contributed by atoms with E-state index >= 15 is 0 Å². The van der Waals surface area contributed by atoms with Gasteiger partial charge < -0.3 is 15.4 Å². The largest absolute Gasteiger partial charge is 0.492 e. The molecule has 0 aliphatic rings. The summed E-state index contributed by atoms with van der Waals surface area (Å²) < 4.78 is 5.53. The van der Waals surface area contributed by atoms with Crippen molar-refractivity contribution in [3.8, 4) is 5.75 Å². The molecule has 3 aromatic rings. The Hall–Kier alpha value is -3.60. The van der Waals surface area contributed by atoms with E-state index in [-0.39, 0.29) is 11.8 Å². The van der Waals surface area contributed by atoms with Crippen LogP contribution in [-0.2, 0) is 6.54 Å². The van der Waals surface area contributed by atoms with Gasteiger partial charge in [-0.15, -0.1) is 0 Å². The highest BCUT2D eigenvalue weighted by molar-refractivity contribution is 6.05. The van der Waals surface area contributed by atoms with Crippen molar-refractivity contribution >= 4 is 17.5 Å². The molecule has 3 rings (SSSR count). The molecule has 5 nitrogen and oxygen atoms in total. The smallest absolute Gasteiger partial charge is 0.255 e. The van der Waals surface area contributed by atoms with Crippen LogP contribution in [-0.4, -0.2) is 18.4 Å². The molecule has 0 aliphatic heterocycles. The molecule has 0 saturated carbocycles. The second-order valence-electron chi connectivity index (χ2n) is 6.57. The molecule has 5 heteroatoms. The Morgan fingerprint density at radius 1 is 0.828 bits per heavy atom. The first-order valence-corrected chi connectivity index (χ1v) is 9.54. The first kappa shape index (κ1) is 20.1. The van der Waals surface area contributed by atoms with E-state index in [2.05, 4.69) is 10.6 Å². The average Bonchev–Trinajstić information content (AvgIpc) is 2.74. The van der Waals surface area contributed by atoms with Crippen molar-refractivity contribution in [2.45, 2.75) is 20.4 Å². The standard InChI is InChI=1S/C24H24N2O3/c1-3-29-22-11-7-6-10-21(22)26-24(28)19-14-12-18(13-15-19)23(27)25-16-20-9-5-4-8-17(20)2/h4-15H,3,16H2,1-2H3,(H,25,27)(H,26,28). The lowest BCUT2D eigenvalue weighted by Crippen LogP contribution is -2.23. The molecule has 0 spiro atoms. The predicted molar refractivity (Wildman–Crippen MR) is 114 cm³/mol. The van der Waals surface area contributed by atoms with Crippen LogP contribution in [0.25, 0.3) is 0 Å². The van der Waals surface area contributed by atoms with Crippen LogP contribution in [0.15, 0.2) is 72.8 Å². The van der Waals surface area contributed by atoms with Crippen LogP contribution >= 0.6 is 0 Å². The van der Waals surface area contributed by atoms with Gasteiger partial charge in [0, 0.05) is 17.7 Å². The van der Waals surface area contributed by atoms with Crippen LogP contribution in [0, 0.1) is 6.92 Å². The third kappa shape index (κ3) is 5.23. The first-order valence-electron chi connectivity index (χ1n) is 9.54. The Labute approximate surface area is 170 Å². The van der Waals surface area contributed by atoms with Gasteiger partial charge in [0.25, 0.3) is 11.8 Å². The van der Waals surface area contributed by atoms with Gasteiger partial charge >= 0.3 is 0 Å². The average molecular weight is 388 g/mol. The van der Waals surface area contributed by atoms with Crippen molar-refractivity contribution in [2.75, 3.05) is 11.9 Å². The molecule has 2 N–H and O–H groups in total. The van der Waals surface area contributed by atoms with Gasteiger partial charge in [-0.3, -0.25) is 9.59 Å². The maximum absolute atomic E-state index is 12.5. The van der Waals surface area contributed by atoms with Crippen LogP contribution in [0.4, 0.5) is 5.69 Å². The fourth-order valence-corrected chi connectivity index (χ4v) is 2.90. The number of hydrogen-bond donors (Lipinski definition) is 2. The third-order valence-electron chi connectivity index (χ3n) is 4.55. The molecule has 0 saturated heterocycles. The van der Waals surface area contributed by atoms with Crippen LogP contribution in [0.3, 0.4) is 0 Å². The summed E-state index contributed by atoms with van der Waals surface area (Å²) in [6.45, 7) is 4.88. The lowest BCUT2D eigenvalue weighted by molar-refractivity contribution is 0.0949. The van der Waals surface area contributed by atoms with E-state index in [1.54, 1.807) is 36.4 Å². The SMILES string of the molecule is CCOc1ccccc1NC(=O)c1ccc(C(=O)NCc2ccccc2C)cc1. The lowest BCUT2D eigenvalue weighted by Gasteiger charge is -2.11. The summed E-state index contributed by atoms with van der Waals surface area (Å²) in [4.78, 5) is 24.9. The van der Waals surface area contributed by atoms with Crippen LogP contribution in [0.1, 0.15) is 38.8 Å². The van der Waals surface area contributed by atoms with E-state index < -0.39 is 0 Å². The third-order valence-corrected chi connectivity index (χ3v) is 4.55. The zero-order valence-electron chi connectivity index (χ0n) is 16.6. The Morgan fingerprint density at radius 2 is 1.45 bits per heavy atom. The molecular formula is C24H24N2O3. The van der Waals surface area contributed by atoms with Gasteiger partial charge in [-0.25, -0.2) is 0 Å². The Morgan fingerprint density at radius 3 is 2.14 bits per heavy atom. The minimum absolute atomic E-state index is 0.179. The van der Waals surface area contributed by atoms with Gasteiger partial charge in [0.1, 0.15) is 5.75 Å². The summed E-state index contributed by atoms with van der Waals surface area (Å²) in [5.74, 6) is 0.182. The monoisotopic (exact) mass is 388 g/mol. The Kier molecular flexibility index (Phi) is 6.63. The highest BCUT2D eigenvalue weighted by Gasteiger charge is 2.11. The zero-order valence-corrected chi connectivity index (χ0v) is 16.6. The van der Waals surface area contributed by atoms with E-state index in [0.29, 0.717) is 35.7 Å². The molecule has 2 amide bonds. The molecule has 29 heavy (non-hydrogen) atoms. The number of para-hydroxylation sites is 2. The maximum Gasteiger partial charge on any atom is 0.255 e. The van der Waals surface area contributed by atoms with Crippen LogP contribution < -0.4 is 15.4 Å². The molecule has 0 radical (unpaired) electrons. The number of nitrogens with one attached hydrogen (secondary N) is 2. The quantitative estimate of drug-likeness (QED) is 0.623. The minimum atomic E-state index is -0.260. The van der Waals surface area contributed by atoms with E-state index in [0.717, 1.165) is 11.1 Å². The van der Waals surface area contributed by atoms with E-state index in [9.17, 15) is 9.59 Å². The highest BCUT2D eigenvalue weighted by atomic mass is 16.5. The molecular weight excluding hydrogens is 364 g/mol. The molecule has 0 fully saturated rings. The van der Waals surface area contributed by atoms with Crippen LogP contribution in [0.5, 0.6) is 5.75 Å². The highest BCUT2D eigenvalue weighted by Crippen LogP contribution is 2.24. The molecule has 0 unspecified atom stereocenters. The molecule has 0 bridgehead atoms. The number of carbonyl (C=O) groups excluding carboxylic acids is 2. The predicted octanol–water partition coefficient (Wildman–Crippen LogP) is 4.58. The Bertz CT molecular complexity index is 997. The summed E-state index contributed by atoms with van der Waals surface area (Å²) in [5, 5.41) is 5.76. The second-order valence-corrected chi connectivity index (χ2v) is 6.57. The summed E-state index contributed by atoms with van der Waals surface area (Å²) >= 11 is 0.